The van der Waals surface area contributed by atoms with Gasteiger partial charge in [-0.1, -0.05) is 30.3 Å². The van der Waals surface area contributed by atoms with Crippen molar-refractivity contribution in [1.29, 1.82) is 0 Å². The molecule has 0 aromatic heterocycles. The second-order valence-corrected chi connectivity index (χ2v) is 8.08. The monoisotopic (exact) mass is 433 g/mol. The molecule has 160 valence electrons. The van der Waals surface area contributed by atoms with Gasteiger partial charge in [0.15, 0.2) is 0 Å². The predicted molar refractivity (Wildman–Crippen MR) is 109 cm³/mol. The van der Waals surface area contributed by atoms with Crippen molar-refractivity contribution in [2.24, 2.45) is 0 Å². The molecule has 2 amide bonds. The Morgan fingerprint density at radius 2 is 2.00 bits per heavy atom. The average Bonchev–Trinajstić information content (AvgIpc) is 3.05. The molecule has 9 nitrogen and oxygen atoms in total. The van der Waals surface area contributed by atoms with E-state index in [2.05, 4.69) is 10.6 Å². The standard InChI is InChI=1S/C20H23N3O6S/c1-12(24)21-7-8-30-15-9-14-17(19(26)23(14)18(15)20(27)28)22-10-16(25)29-11-13-5-3-2-4-6-13/h2-6,14,17,22H,7-11H2,1H3,(H,21,24)(H,27,28)/t14-,17-/m1/s1. The second kappa shape index (κ2) is 9.77. The van der Waals surface area contributed by atoms with Crippen LogP contribution in [0.2, 0.25) is 0 Å². The molecule has 1 saturated heterocycles. The predicted octanol–water partition coefficient (Wildman–Crippen LogP) is 0.468. The van der Waals surface area contributed by atoms with Crippen molar-refractivity contribution in [2.75, 3.05) is 18.8 Å². The van der Waals surface area contributed by atoms with E-state index in [0.717, 1.165) is 5.56 Å². The van der Waals surface area contributed by atoms with Crippen molar-refractivity contribution in [1.82, 2.24) is 15.5 Å². The Hall–Kier alpha value is -2.85. The van der Waals surface area contributed by atoms with Crippen LogP contribution in [-0.2, 0) is 30.5 Å². The summed E-state index contributed by atoms with van der Waals surface area (Å²) in [4.78, 5) is 48.9. The van der Waals surface area contributed by atoms with Crippen molar-refractivity contribution in [3.8, 4) is 0 Å². The molecule has 0 aliphatic carbocycles. The van der Waals surface area contributed by atoms with Crippen LogP contribution in [0.5, 0.6) is 0 Å². The van der Waals surface area contributed by atoms with E-state index in [-0.39, 0.29) is 36.7 Å². The van der Waals surface area contributed by atoms with Gasteiger partial charge in [0.25, 0.3) is 0 Å². The topological polar surface area (TPSA) is 125 Å². The van der Waals surface area contributed by atoms with E-state index >= 15 is 0 Å². The summed E-state index contributed by atoms with van der Waals surface area (Å²) in [6.07, 6.45) is 0.398. The number of carboxylic acids is 1. The van der Waals surface area contributed by atoms with Gasteiger partial charge >= 0.3 is 11.9 Å². The number of fused-ring (bicyclic) bond motifs is 1. The molecule has 2 aliphatic rings. The van der Waals surface area contributed by atoms with Gasteiger partial charge in [-0.2, -0.15) is 0 Å². The number of nitrogens with zero attached hydrogens (tertiary/aromatic N) is 1. The highest BCUT2D eigenvalue weighted by molar-refractivity contribution is 8.03. The number of aliphatic carboxylic acids is 1. The maximum Gasteiger partial charge on any atom is 0.353 e. The lowest BCUT2D eigenvalue weighted by Crippen LogP contribution is -2.68. The van der Waals surface area contributed by atoms with Crippen LogP contribution in [0, 0.1) is 0 Å². The number of hydrogen-bond donors (Lipinski definition) is 3. The Morgan fingerprint density at radius 3 is 2.67 bits per heavy atom. The van der Waals surface area contributed by atoms with E-state index < -0.39 is 18.0 Å². The molecular formula is C20H23N3O6S. The molecular weight excluding hydrogens is 410 g/mol. The van der Waals surface area contributed by atoms with Gasteiger partial charge in [-0.15, -0.1) is 11.8 Å². The minimum Gasteiger partial charge on any atom is -0.477 e. The molecule has 1 aromatic rings. The number of thioether (sulfide) groups is 1. The van der Waals surface area contributed by atoms with E-state index in [1.54, 1.807) is 0 Å². The summed E-state index contributed by atoms with van der Waals surface area (Å²) in [5, 5.41) is 15.1. The first-order valence-corrected chi connectivity index (χ1v) is 10.5. The molecule has 3 N–H and O–H groups in total. The summed E-state index contributed by atoms with van der Waals surface area (Å²) in [5.41, 5.74) is 0.853. The molecule has 0 spiro atoms. The van der Waals surface area contributed by atoms with E-state index in [1.165, 1.54) is 23.6 Å². The Balaban J connectivity index is 1.49. The molecule has 1 fully saturated rings. The Labute approximate surface area is 177 Å². The van der Waals surface area contributed by atoms with Gasteiger partial charge in [0, 0.05) is 30.5 Å². The highest BCUT2D eigenvalue weighted by Crippen LogP contribution is 2.43. The molecule has 0 saturated carbocycles. The molecule has 2 heterocycles. The number of esters is 1. The summed E-state index contributed by atoms with van der Waals surface area (Å²) < 4.78 is 5.19. The lowest BCUT2D eigenvalue weighted by molar-refractivity contribution is -0.152. The maximum atomic E-state index is 12.5. The van der Waals surface area contributed by atoms with Crippen LogP contribution in [0.15, 0.2) is 40.9 Å². The van der Waals surface area contributed by atoms with Crippen molar-refractivity contribution in [2.45, 2.75) is 32.0 Å². The smallest absolute Gasteiger partial charge is 0.353 e. The molecule has 3 rings (SSSR count). The van der Waals surface area contributed by atoms with Gasteiger partial charge < -0.3 is 15.2 Å². The molecule has 10 heteroatoms. The highest BCUT2D eigenvalue weighted by Gasteiger charge is 2.55. The third kappa shape index (κ3) is 5.00. The summed E-state index contributed by atoms with van der Waals surface area (Å²) in [5.74, 6) is -1.67. The van der Waals surface area contributed by atoms with E-state index in [4.69, 9.17) is 4.74 Å². The van der Waals surface area contributed by atoms with Crippen LogP contribution < -0.4 is 10.6 Å². The second-order valence-electron chi connectivity index (χ2n) is 6.89. The first-order chi connectivity index (χ1) is 14.4. The normalized spacial score (nSPS) is 19.9. The average molecular weight is 433 g/mol. The Kier molecular flexibility index (Phi) is 7.11. The number of β-lactam (4-membered cyclic amide) rings is 1. The van der Waals surface area contributed by atoms with Crippen molar-refractivity contribution in [3.63, 3.8) is 0 Å². The van der Waals surface area contributed by atoms with Crippen LogP contribution >= 0.6 is 11.8 Å². The first kappa shape index (κ1) is 21.8. The minimum atomic E-state index is -1.16. The molecule has 2 aliphatic heterocycles. The largest absolute Gasteiger partial charge is 0.477 e. The fourth-order valence-corrected chi connectivity index (χ4v) is 4.47. The number of amides is 2. The zero-order valence-electron chi connectivity index (χ0n) is 16.4. The summed E-state index contributed by atoms with van der Waals surface area (Å²) in [7, 11) is 0. The van der Waals surface area contributed by atoms with Crippen LogP contribution in [0.25, 0.3) is 0 Å². The van der Waals surface area contributed by atoms with Gasteiger partial charge in [0.05, 0.1) is 12.6 Å². The van der Waals surface area contributed by atoms with Gasteiger partial charge in [0.2, 0.25) is 11.8 Å². The third-order valence-electron chi connectivity index (χ3n) is 4.78. The zero-order valence-corrected chi connectivity index (χ0v) is 17.2. The van der Waals surface area contributed by atoms with Crippen molar-refractivity contribution >= 4 is 35.5 Å². The van der Waals surface area contributed by atoms with Crippen LogP contribution in [-0.4, -0.2) is 64.7 Å². The first-order valence-electron chi connectivity index (χ1n) is 9.48. The van der Waals surface area contributed by atoms with Crippen molar-refractivity contribution < 1.29 is 29.0 Å². The van der Waals surface area contributed by atoms with E-state index in [0.29, 0.717) is 23.6 Å². The third-order valence-corrected chi connectivity index (χ3v) is 5.90. The van der Waals surface area contributed by atoms with Gasteiger partial charge in [0.1, 0.15) is 18.3 Å². The number of nitrogens with one attached hydrogen (secondary N) is 2. The Bertz CT molecular complexity index is 873. The lowest BCUT2D eigenvalue weighted by atomic mass is 9.95. The molecule has 2 atom stereocenters. The van der Waals surface area contributed by atoms with Crippen LogP contribution in [0.1, 0.15) is 18.9 Å². The molecule has 1 aromatic carbocycles. The fraction of sp³-hybridized carbons (Fsp3) is 0.400. The fourth-order valence-electron chi connectivity index (χ4n) is 3.41. The number of carboxylic acid groups (broad SMARTS) is 1. The molecule has 0 radical (unpaired) electrons. The summed E-state index contributed by atoms with van der Waals surface area (Å²) >= 11 is 1.31. The minimum absolute atomic E-state index is 0.0115. The maximum absolute atomic E-state index is 12.5. The van der Waals surface area contributed by atoms with E-state index in [1.807, 2.05) is 30.3 Å². The molecule has 30 heavy (non-hydrogen) atoms. The number of carbonyl (C=O) groups is 4. The summed E-state index contributed by atoms with van der Waals surface area (Å²) in [6, 6.07) is 8.29. The number of benzene rings is 1. The van der Waals surface area contributed by atoms with Crippen LogP contribution in [0.4, 0.5) is 0 Å². The van der Waals surface area contributed by atoms with Crippen LogP contribution in [0.3, 0.4) is 0 Å². The highest BCUT2D eigenvalue weighted by atomic mass is 32.2. The van der Waals surface area contributed by atoms with Crippen molar-refractivity contribution in [3.05, 3.63) is 46.5 Å². The number of carbonyl (C=O) groups excluding carboxylic acids is 3. The number of ether oxygens (including phenoxy) is 1. The SMILES string of the molecule is CC(=O)NCCSC1=C(C(=O)O)N2C(=O)[C@H](NCC(=O)OCc3ccccc3)[C@H]2C1. The Morgan fingerprint density at radius 1 is 1.27 bits per heavy atom. The molecule has 0 unspecified atom stereocenters. The number of hydrogen-bond acceptors (Lipinski definition) is 7. The van der Waals surface area contributed by atoms with Gasteiger partial charge in [-0.3, -0.25) is 24.6 Å². The summed E-state index contributed by atoms with van der Waals surface area (Å²) in [6.45, 7) is 1.83. The molecule has 0 bridgehead atoms. The lowest BCUT2D eigenvalue weighted by Gasteiger charge is -2.43. The zero-order chi connectivity index (χ0) is 21.7. The van der Waals surface area contributed by atoms with Gasteiger partial charge in [-0.25, -0.2) is 4.79 Å². The quantitative estimate of drug-likeness (QED) is 0.276. The van der Waals surface area contributed by atoms with Gasteiger partial charge in [-0.05, 0) is 5.56 Å². The number of rotatable bonds is 10. The van der Waals surface area contributed by atoms with E-state index in [9.17, 15) is 24.3 Å².